The van der Waals surface area contributed by atoms with Crippen molar-refractivity contribution in [2.24, 2.45) is 17.6 Å². The summed E-state index contributed by atoms with van der Waals surface area (Å²) in [6.07, 6.45) is 7.76. The minimum absolute atomic E-state index is 0.200. The second-order valence-corrected chi connectivity index (χ2v) is 15.5. The maximum atomic E-state index is 12.1. The number of pyridine rings is 4. The number of carbonyl (C=O) groups is 3. The van der Waals surface area contributed by atoms with Crippen molar-refractivity contribution in [1.82, 2.24) is 39.2 Å². The van der Waals surface area contributed by atoms with Crippen LogP contribution in [-0.4, -0.2) is 56.6 Å². The predicted molar refractivity (Wildman–Crippen MR) is 230 cm³/mol. The van der Waals surface area contributed by atoms with Gasteiger partial charge in [0.05, 0.1) is 24.2 Å². The lowest BCUT2D eigenvalue weighted by Crippen LogP contribution is -2.13. The zero-order valence-corrected chi connectivity index (χ0v) is 34.0. The number of amides is 1. The Balaban J connectivity index is 0.000000160. The van der Waals surface area contributed by atoms with Crippen molar-refractivity contribution in [2.75, 3.05) is 0 Å². The summed E-state index contributed by atoms with van der Waals surface area (Å²) in [5.41, 5.74) is 12.7. The lowest BCUT2D eigenvalue weighted by Gasteiger charge is -2.08. The number of aromatic nitrogens is 8. The van der Waals surface area contributed by atoms with Crippen LogP contribution >= 0.6 is 0 Å². The largest absolute Gasteiger partial charge is 0.489 e. The number of rotatable bonds is 15. The normalized spacial score (nSPS) is 13.2. The first kappa shape index (κ1) is 40.3. The van der Waals surface area contributed by atoms with Crippen LogP contribution in [0.3, 0.4) is 0 Å². The van der Waals surface area contributed by atoms with Gasteiger partial charge in [-0.25, -0.2) is 24.0 Å². The third-order valence-electron chi connectivity index (χ3n) is 10.7. The zero-order chi connectivity index (χ0) is 43.3. The maximum Gasteiger partial charge on any atom is 0.267 e. The van der Waals surface area contributed by atoms with Crippen LogP contribution in [0.1, 0.15) is 64.6 Å². The molecule has 15 nitrogen and oxygen atoms in total. The summed E-state index contributed by atoms with van der Waals surface area (Å²) in [7, 11) is 0. The fourth-order valence-corrected chi connectivity index (χ4v) is 6.91. The van der Waals surface area contributed by atoms with Crippen LogP contribution in [0, 0.1) is 23.2 Å². The summed E-state index contributed by atoms with van der Waals surface area (Å²) in [5.74, 6) is 2.87. The fourth-order valence-electron chi connectivity index (χ4n) is 6.91. The summed E-state index contributed by atoms with van der Waals surface area (Å²) in [6, 6.07) is 35.9. The number of carbonyl (C=O) groups excluding carboxylic acids is 3. The van der Waals surface area contributed by atoms with Crippen molar-refractivity contribution in [2.45, 2.75) is 51.7 Å². The Kier molecular flexibility index (Phi) is 11.4. The van der Waals surface area contributed by atoms with Gasteiger partial charge in [0, 0.05) is 46.5 Å². The van der Waals surface area contributed by atoms with Crippen LogP contribution in [0.2, 0.25) is 0 Å². The van der Waals surface area contributed by atoms with Gasteiger partial charge in [-0.05, 0) is 111 Å². The van der Waals surface area contributed by atoms with E-state index < -0.39 is 5.91 Å². The number of nitrogens with zero attached hydrogens (tertiary/aromatic N) is 9. The van der Waals surface area contributed by atoms with E-state index >= 15 is 0 Å². The van der Waals surface area contributed by atoms with Crippen molar-refractivity contribution in [3.8, 4) is 40.1 Å². The Morgan fingerprint density at radius 3 is 1.49 bits per heavy atom. The molecule has 8 aromatic rings. The molecule has 2 N–H and O–H groups in total. The SMILES string of the molecule is N#Cc1ccc(COc2ccc(-c3cccc4nc(CC(=O)C5CC5)nn34)cc2)cn1.NC(=O)c1ccc(COc2ccc(-c3cccc4nc(CC(=O)C5CC5)nn34)cc2)cn1. The van der Waals surface area contributed by atoms with Gasteiger partial charge in [0.15, 0.2) is 22.9 Å². The number of primary amides is 1. The molecule has 312 valence electrons. The van der Waals surface area contributed by atoms with E-state index in [0.29, 0.717) is 48.4 Å². The smallest absolute Gasteiger partial charge is 0.267 e. The molecule has 0 aliphatic heterocycles. The fraction of sp³-hybridized carbons (Fsp3) is 0.208. The van der Waals surface area contributed by atoms with Gasteiger partial charge in [0.1, 0.15) is 53.7 Å². The lowest BCUT2D eigenvalue weighted by atomic mass is 10.1. The molecule has 0 radical (unpaired) electrons. The quantitative estimate of drug-likeness (QED) is 0.114. The van der Waals surface area contributed by atoms with Gasteiger partial charge in [0.25, 0.3) is 5.91 Å². The number of fused-ring (bicyclic) bond motifs is 2. The number of nitrogens with two attached hydrogens (primary N) is 1. The van der Waals surface area contributed by atoms with E-state index in [0.717, 1.165) is 70.7 Å². The van der Waals surface area contributed by atoms with Crippen molar-refractivity contribution < 1.29 is 23.9 Å². The van der Waals surface area contributed by atoms with E-state index in [1.54, 1.807) is 39.6 Å². The summed E-state index contributed by atoms with van der Waals surface area (Å²) < 4.78 is 15.2. The third kappa shape index (κ3) is 9.76. The summed E-state index contributed by atoms with van der Waals surface area (Å²) in [6.45, 7) is 0.692. The van der Waals surface area contributed by atoms with Gasteiger partial charge in [0.2, 0.25) is 0 Å². The second-order valence-electron chi connectivity index (χ2n) is 15.5. The monoisotopic (exact) mass is 836 g/mol. The van der Waals surface area contributed by atoms with Crippen molar-refractivity contribution in [3.05, 3.63) is 156 Å². The molecular weight excluding hydrogens is 797 g/mol. The molecule has 6 heterocycles. The Bertz CT molecular complexity index is 2980. The molecule has 0 spiro atoms. The van der Waals surface area contributed by atoms with Gasteiger partial charge in [-0.1, -0.05) is 24.3 Å². The van der Waals surface area contributed by atoms with E-state index in [4.69, 9.17) is 20.5 Å². The van der Waals surface area contributed by atoms with Crippen LogP contribution < -0.4 is 15.2 Å². The van der Waals surface area contributed by atoms with Crippen LogP contribution in [-0.2, 0) is 35.6 Å². The average Bonchev–Trinajstić information content (AvgIpc) is 4.26. The van der Waals surface area contributed by atoms with Crippen LogP contribution in [0.5, 0.6) is 11.5 Å². The highest BCUT2D eigenvalue weighted by Crippen LogP contribution is 2.32. The molecule has 1 amide bonds. The average molecular weight is 837 g/mol. The summed E-state index contributed by atoms with van der Waals surface area (Å²) in [4.78, 5) is 52.5. The highest BCUT2D eigenvalue weighted by atomic mass is 16.5. The maximum absolute atomic E-state index is 12.1. The third-order valence-corrected chi connectivity index (χ3v) is 10.7. The Labute approximate surface area is 361 Å². The van der Waals surface area contributed by atoms with Gasteiger partial charge < -0.3 is 15.2 Å². The number of ketones is 2. The molecular formula is C48H40N10O5. The molecule has 2 saturated carbocycles. The molecule has 63 heavy (non-hydrogen) atoms. The standard InChI is InChI=1S/C24H21N5O3.C24H19N5O2/c25-24(31)19-11-4-15(13-26-19)14-32-18-9-7-16(8-10-18)20-2-1-3-23-27-22(28-29(20)23)12-21(30)17-5-6-17;25-13-19-9-4-16(14-26-19)15-31-20-10-7-17(8-11-20)21-2-1-3-24-27-23(28-29(21)24)12-22(30)18-5-6-18/h1-4,7-11,13,17H,5-6,12,14H2,(H2,25,31);1-4,7-11,14,18H,5-6,12,15H2. The summed E-state index contributed by atoms with van der Waals surface area (Å²) in [5, 5.41) is 18.0. The molecule has 2 aliphatic carbocycles. The lowest BCUT2D eigenvalue weighted by molar-refractivity contribution is -0.120. The number of nitriles is 1. The molecule has 10 rings (SSSR count). The predicted octanol–water partition coefficient (Wildman–Crippen LogP) is 6.75. The molecule has 2 fully saturated rings. The van der Waals surface area contributed by atoms with Gasteiger partial charge in [-0.15, -0.1) is 0 Å². The van der Waals surface area contributed by atoms with E-state index in [1.165, 1.54) is 0 Å². The summed E-state index contributed by atoms with van der Waals surface area (Å²) >= 11 is 0. The van der Waals surface area contributed by atoms with Crippen LogP contribution in [0.15, 0.2) is 122 Å². The Morgan fingerprint density at radius 1 is 0.619 bits per heavy atom. The molecule has 6 aromatic heterocycles. The van der Waals surface area contributed by atoms with Gasteiger partial charge in [-0.2, -0.15) is 15.5 Å². The first-order valence-corrected chi connectivity index (χ1v) is 20.6. The number of benzene rings is 2. The Hall–Kier alpha value is -8.12. The molecule has 15 heteroatoms. The number of Topliss-reactive ketones (excluding diaryl/α,β-unsaturated/α-hetero) is 2. The topological polar surface area (TPSA) is 206 Å². The van der Waals surface area contributed by atoms with Crippen LogP contribution in [0.25, 0.3) is 33.8 Å². The number of hydrogen-bond donors (Lipinski definition) is 1. The highest BCUT2D eigenvalue weighted by molar-refractivity contribution is 5.90. The van der Waals surface area contributed by atoms with E-state index in [2.05, 4.69) is 30.1 Å². The molecule has 2 aliphatic rings. The van der Waals surface area contributed by atoms with Gasteiger partial charge in [-0.3, -0.25) is 19.4 Å². The first-order valence-electron chi connectivity index (χ1n) is 20.6. The molecule has 0 bridgehead atoms. The van der Waals surface area contributed by atoms with Crippen LogP contribution in [0.4, 0.5) is 0 Å². The van der Waals surface area contributed by atoms with Gasteiger partial charge >= 0.3 is 0 Å². The van der Waals surface area contributed by atoms with E-state index in [1.807, 2.05) is 97.1 Å². The second kappa shape index (κ2) is 17.8. The molecule has 2 aromatic carbocycles. The Morgan fingerprint density at radius 2 is 1.10 bits per heavy atom. The number of hydrogen-bond acceptors (Lipinski definition) is 12. The van der Waals surface area contributed by atoms with E-state index in [-0.39, 0.29) is 35.5 Å². The minimum Gasteiger partial charge on any atom is -0.489 e. The molecule has 0 unspecified atom stereocenters. The molecule has 0 atom stereocenters. The highest BCUT2D eigenvalue weighted by Gasteiger charge is 2.31. The zero-order valence-electron chi connectivity index (χ0n) is 34.0. The van der Waals surface area contributed by atoms with Crippen molar-refractivity contribution >= 4 is 28.8 Å². The first-order chi connectivity index (χ1) is 30.8. The number of ether oxygens (including phenoxy) is 2. The van der Waals surface area contributed by atoms with Crippen molar-refractivity contribution in [1.29, 1.82) is 5.26 Å². The minimum atomic E-state index is -0.558. The van der Waals surface area contributed by atoms with E-state index in [9.17, 15) is 14.4 Å². The molecule has 0 saturated heterocycles. The van der Waals surface area contributed by atoms with Crippen molar-refractivity contribution in [3.63, 3.8) is 0 Å².